The summed E-state index contributed by atoms with van der Waals surface area (Å²) >= 11 is 0. The van der Waals surface area contributed by atoms with E-state index >= 15 is 0 Å². The van der Waals surface area contributed by atoms with E-state index in [9.17, 15) is 14.9 Å². The summed E-state index contributed by atoms with van der Waals surface area (Å²) in [7, 11) is 0. The van der Waals surface area contributed by atoms with Crippen LogP contribution in [0.25, 0.3) is 16.8 Å². The van der Waals surface area contributed by atoms with Crippen LogP contribution in [0, 0.1) is 15.5 Å². The van der Waals surface area contributed by atoms with Crippen molar-refractivity contribution in [1.82, 2.24) is 10.9 Å². The molecule has 1 aliphatic heterocycles. The van der Waals surface area contributed by atoms with Gasteiger partial charge in [0.2, 0.25) is 5.91 Å². The van der Waals surface area contributed by atoms with Gasteiger partial charge in [0.05, 0.1) is 15.7 Å². The lowest BCUT2D eigenvalue weighted by atomic mass is 9.88. The average molecular weight is 297 g/mol. The summed E-state index contributed by atoms with van der Waals surface area (Å²) in [4.78, 5) is 22.6. The Morgan fingerprint density at radius 3 is 2.36 bits per heavy atom. The van der Waals surface area contributed by atoms with Crippen molar-refractivity contribution in [3.63, 3.8) is 0 Å². The third-order valence-corrected chi connectivity index (χ3v) is 3.98. The zero-order valence-electron chi connectivity index (χ0n) is 12.2. The van der Waals surface area contributed by atoms with Crippen LogP contribution >= 0.6 is 0 Å². The Hall–Kier alpha value is -2.89. The fourth-order valence-electron chi connectivity index (χ4n) is 2.52. The van der Waals surface area contributed by atoms with Gasteiger partial charge in [0.25, 0.3) is 5.69 Å². The number of rotatable bonds is 2. The lowest BCUT2D eigenvalue weighted by molar-refractivity contribution is -0.383. The van der Waals surface area contributed by atoms with Gasteiger partial charge in [0.15, 0.2) is 0 Å². The fourth-order valence-corrected chi connectivity index (χ4v) is 2.52. The summed E-state index contributed by atoms with van der Waals surface area (Å²) in [6, 6.07) is 10.4. The molecule has 6 nitrogen and oxygen atoms in total. The van der Waals surface area contributed by atoms with Crippen molar-refractivity contribution in [2.75, 3.05) is 0 Å². The predicted octanol–water partition coefficient (Wildman–Crippen LogP) is 2.75. The minimum atomic E-state index is -0.664. The quantitative estimate of drug-likeness (QED) is 0.659. The van der Waals surface area contributed by atoms with Gasteiger partial charge in [-0.25, -0.2) is 0 Å². The molecular formula is C16H15N3O3. The minimum absolute atomic E-state index is 0.0746. The van der Waals surface area contributed by atoms with Gasteiger partial charge in [-0.1, -0.05) is 18.2 Å². The monoisotopic (exact) mass is 297 g/mol. The van der Waals surface area contributed by atoms with Gasteiger partial charge in [-0.15, -0.1) is 0 Å². The average Bonchev–Trinajstić information content (AvgIpc) is 2.74. The maximum absolute atomic E-state index is 11.8. The second-order valence-corrected chi connectivity index (χ2v) is 5.74. The SMILES string of the molecule is CC1(C)C(=O)NN/C1=C\c1ccc([N+](=O)[O-])c2ccccc12. The van der Waals surface area contributed by atoms with Crippen LogP contribution in [0.2, 0.25) is 0 Å². The number of hydrogen-bond donors (Lipinski definition) is 2. The van der Waals surface area contributed by atoms with Gasteiger partial charge in [-0.3, -0.25) is 20.3 Å². The van der Waals surface area contributed by atoms with Crippen molar-refractivity contribution in [1.29, 1.82) is 0 Å². The molecule has 2 aromatic carbocycles. The van der Waals surface area contributed by atoms with E-state index < -0.39 is 5.41 Å². The fraction of sp³-hybridized carbons (Fsp3) is 0.188. The molecule has 0 saturated carbocycles. The van der Waals surface area contributed by atoms with Crippen molar-refractivity contribution in [3.8, 4) is 0 Å². The van der Waals surface area contributed by atoms with Crippen LogP contribution in [-0.4, -0.2) is 10.8 Å². The third-order valence-electron chi connectivity index (χ3n) is 3.98. The summed E-state index contributed by atoms with van der Waals surface area (Å²) in [5.74, 6) is -0.107. The molecule has 1 fully saturated rings. The number of hydrogen-bond acceptors (Lipinski definition) is 4. The molecule has 0 unspecified atom stereocenters. The molecule has 0 atom stereocenters. The molecule has 1 saturated heterocycles. The molecule has 1 aliphatic rings. The van der Waals surface area contributed by atoms with Gasteiger partial charge >= 0.3 is 0 Å². The van der Waals surface area contributed by atoms with Gasteiger partial charge in [-0.05, 0) is 43.0 Å². The Bertz CT molecular complexity index is 824. The number of nitrogens with one attached hydrogen (secondary N) is 2. The molecular weight excluding hydrogens is 282 g/mol. The van der Waals surface area contributed by atoms with Crippen molar-refractivity contribution in [3.05, 3.63) is 57.8 Å². The lowest BCUT2D eigenvalue weighted by Gasteiger charge is -2.14. The normalized spacial score (nSPS) is 18.3. The predicted molar refractivity (Wildman–Crippen MR) is 83.6 cm³/mol. The number of carbonyl (C=O) groups is 1. The molecule has 0 spiro atoms. The lowest BCUT2D eigenvalue weighted by Crippen LogP contribution is -2.28. The largest absolute Gasteiger partial charge is 0.302 e. The Labute approximate surface area is 126 Å². The summed E-state index contributed by atoms with van der Waals surface area (Å²) < 4.78 is 0. The van der Waals surface area contributed by atoms with Crippen LogP contribution in [0.4, 0.5) is 5.69 Å². The van der Waals surface area contributed by atoms with Gasteiger partial charge in [0, 0.05) is 11.8 Å². The third kappa shape index (κ3) is 2.09. The first-order chi connectivity index (χ1) is 10.4. The molecule has 1 heterocycles. The number of fused-ring (bicyclic) bond motifs is 1. The molecule has 112 valence electrons. The number of carbonyl (C=O) groups excluding carboxylic acids is 1. The van der Waals surface area contributed by atoms with Crippen LogP contribution in [0.5, 0.6) is 0 Å². The summed E-state index contributed by atoms with van der Waals surface area (Å²) in [6.07, 6.45) is 1.85. The van der Waals surface area contributed by atoms with E-state index in [-0.39, 0.29) is 16.5 Å². The first kappa shape index (κ1) is 14.1. The number of hydrazine groups is 1. The van der Waals surface area contributed by atoms with Crippen LogP contribution in [-0.2, 0) is 4.79 Å². The maximum Gasteiger partial charge on any atom is 0.277 e. The zero-order valence-corrected chi connectivity index (χ0v) is 12.2. The first-order valence-electron chi connectivity index (χ1n) is 6.86. The highest BCUT2D eigenvalue weighted by atomic mass is 16.6. The van der Waals surface area contributed by atoms with E-state index in [1.165, 1.54) is 6.07 Å². The van der Waals surface area contributed by atoms with Gasteiger partial charge in [0.1, 0.15) is 0 Å². The van der Waals surface area contributed by atoms with Gasteiger partial charge < -0.3 is 5.43 Å². The summed E-state index contributed by atoms with van der Waals surface area (Å²) in [6.45, 7) is 3.64. The molecule has 1 amide bonds. The van der Waals surface area contributed by atoms with E-state index in [2.05, 4.69) is 10.9 Å². The highest BCUT2D eigenvalue weighted by Gasteiger charge is 2.37. The number of nitrogens with zero attached hydrogens (tertiary/aromatic N) is 1. The number of amides is 1. The van der Waals surface area contributed by atoms with E-state index in [0.29, 0.717) is 5.39 Å². The second-order valence-electron chi connectivity index (χ2n) is 5.74. The topological polar surface area (TPSA) is 84.3 Å². The highest BCUT2D eigenvalue weighted by Crippen LogP contribution is 2.33. The molecule has 6 heteroatoms. The highest BCUT2D eigenvalue weighted by molar-refractivity contribution is 5.98. The number of nitro groups is 1. The molecule has 0 aliphatic carbocycles. The minimum Gasteiger partial charge on any atom is -0.302 e. The molecule has 0 bridgehead atoms. The molecule has 2 N–H and O–H groups in total. The number of non-ortho nitro benzene ring substituents is 1. The van der Waals surface area contributed by atoms with Crippen molar-refractivity contribution in [2.24, 2.45) is 5.41 Å². The standard InChI is InChI=1S/C16H15N3O3/c1-16(2)14(17-18-15(16)20)9-10-7-8-13(19(21)22)12-6-4-3-5-11(10)12/h3-9,17H,1-2H3,(H,18,20)/b14-9-. The van der Waals surface area contributed by atoms with E-state index in [4.69, 9.17) is 0 Å². The Balaban J connectivity index is 2.20. The molecule has 0 aromatic heterocycles. The van der Waals surface area contributed by atoms with E-state index in [1.807, 2.05) is 32.1 Å². The zero-order chi connectivity index (χ0) is 15.9. The Morgan fingerprint density at radius 2 is 1.77 bits per heavy atom. The maximum atomic E-state index is 11.8. The Morgan fingerprint density at radius 1 is 1.09 bits per heavy atom. The van der Waals surface area contributed by atoms with E-state index in [0.717, 1.165) is 16.6 Å². The number of benzene rings is 2. The van der Waals surface area contributed by atoms with Crippen molar-refractivity contribution >= 4 is 28.4 Å². The van der Waals surface area contributed by atoms with Crippen LogP contribution in [0.15, 0.2) is 42.1 Å². The number of nitro benzene ring substituents is 1. The molecule has 0 radical (unpaired) electrons. The molecule has 3 rings (SSSR count). The van der Waals surface area contributed by atoms with Crippen molar-refractivity contribution in [2.45, 2.75) is 13.8 Å². The van der Waals surface area contributed by atoms with E-state index in [1.54, 1.807) is 18.2 Å². The second kappa shape index (κ2) is 4.84. The molecule has 2 aromatic rings. The molecule has 22 heavy (non-hydrogen) atoms. The van der Waals surface area contributed by atoms with Crippen molar-refractivity contribution < 1.29 is 9.72 Å². The van der Waals surface area contributed by atoms with Crippen LogP contribution in [0.1, 0.15) is 19.4 Å². The van der Waals surface area contributed by atoms with Crippen LogP contribution in [0.3, 0.4) is 0 Å². The smallest absolute Gasteiger partial charge is 0.277 e. The first-order valence-corrected chi connectivity index (χ1v) is 6.86. The Kier molecular flexibility index (Phi) is 3.09. The van der Waals surface area contributed by atoms with Crippen LogP contribution < -0.4 is 10.9 Å². The summed E-state index contributed by atoms with van der Waals surface area (Å²) in [5, 5.41) is 12.5. The van der Waals surface area contributed by atoms with Gasteiger partial charge in [-0.2, -0.15) is 0 Å². The summed E-state index contributed by atoms with van der Waals surface area (Å²) in [5.41, 5.74) is 6.44.